The maximum Gasteiger partial charge on any atom is 0.306 e. The SMILES string of the molecule is CC/C=C\C/C=C\C/C=C\C/C=C\C/C=C\C/C=C\CCC(=O)OC[C@@H](COC(=O)CCCCCCC/C=C\C/C=C\CCCCC)OC(=O)CCCCCCCCC/C=C\CCCCCCCC. The summed E-state index contributed by atoms with van der Waals surface area (Å²) in [4.78, 5) is 38.1. The quantitative estimate of drug-likeness (QED) is 0.0262. The fourth-order valence-electron chi connectivity index (χ4n) is 7.49. The van der Waals surface area contributed by atoms with Crippen molar-refractivity contribution in [2.75, 3.05) is 13.2 Å². The molecule has 6 nitrogen and oxygen atoms in total. The van der Waals surface area contributed by atoms with E-state index in [2.05, 4.69) is 124 Å². The number of esters is 3. The molecule has 0 N–H and O–H groups in total. The summed E-state index contributed by atoms with van der Waals surface area (Å²) in [6, 6.07) is 0. The van der Waals surface area contributed by atoms with Crippen molar-refractivity contribution in [3.05, 3.63) is 109 Å². The van der Waals surface area contributed by atoms with Gasteiger partial charge >= 0.3 is 17.9 Å². The molecule has 1 atom stereocenters. The Hall–Kier alpha value is -3.93. The molecule has 0 saturated heterocycles. The minimum Gasteiger partial charge on any atom is -0.462 e. The summed E-state index contributed by atoms with van der Waals surface area (Å²) in [5.41, 5.74) is 0. The van der Waals surface area contributed by atoms with E-state index in [-0.39, 0.29) is 37.5 Å². The highest BCUT2D eigenvalue weighted by molar-refractivity contribution is 5.71. The Morgan fingerprint density at radius 1 is 0.304 bits per heavy atom. The molecule has 0 bridgehead atoms. The predicted molar refractivity (Wildman–Crippen MR) is 297 cm³/mol. The minimum atomic E-state index is -0.819. The molecule has 0 aliphatic heterocycles. The number of hydrogen-bond donors (Lipinski definition) is 0. The molecule has 0 radical (unpaired) electrons. The topological polar surface area (TPSA) is 78.9 Å². The lowest BCUT2D eigenvalue weighted by Gasteiger charge is -2.18. The van der Waals surface area contributed by atoms with Crippen molar-refractivity contribution in [2.45, 2.75) is 258 Å². The maximum absolute atomic E-state index is 12.9. The van der Waals surface area contributed by atoms with Crippen LogP contribution in [-0.2, 0) is 28.6 Å². The van der Waals surface area contributed by atoms with E-state index < -0.39 is 6.10 Å². The molecule has 0 aromatic carbocycles. The normalized spacial score (nSPS) is 12.9. The molecule has 0 heterocycles. The smallest absolute Gasteiger partial charge is 0.306 e. The van der Waals surface area contributed by atoms with Crippen molar-refractivity contribution >= 4 is 17.9 Å². The molecule has 0 unspecified atom stereocenters. The zero-order chi connectivity index (χ0) is 50.0. The van der Waals surface area contributed by atoms with E-state index in [0.29, 0.717) is 19.3 Å². The third-order valence-corrected chi connectivity index (χ3v) is 11.7. The lowest BCUT2D eigenvalue weighted by Crippen LogP contribution is -2.30. The van der Waals surface area contributed by atoms with E-state index in [1.54, 1.807) is 0 Å². The second-order valence-electron chi connectivity index (χ2n) is 18.5. The lowest BCUT2D eigenvalue weighted by atomic mass is 10.1. The summed E-state index contributed by atoms with van der Waals surface area (Å²) in [6.07, 6.45) is 76.5. The molecule has 0 aromatic rings. The van der Waals surface area contributed by atoms with Crippen molar-refractivity contribution in [3.8, 4) is 0 Å². The summed E-state index contributed by atoms with van der Waals surface area (Å²) < 4.78 is 16.8. The van der Waals surface area contributed by atoms with Crippen LogP contribution in [0.1, 0.15) is 252 Å². The van der Waals surface area contributed by atoms with Gasteiger partial charge in [-0.05, 0) is 116 Å². The second kappa shape index (κ2) is 56.7. The molecule has 0 aliphatic rings. The van der Waals surface area contributed by atoms with Crippen LogP contribution < -0.4 is 0 Å². The Kier molecular flexibility index (Phi) is 53.4. The van der Waals surface area contributed by atoms with Gasteiger partial charge in [0.25, 0.3) is 0 Å². The molecule has 0 amide bonds. The minimum absolute atomic E-state index is 0.112. The van der Waals surface area contributed by atoms with Crippen LogP contribution in [0.3, 0.4) is 0 Å². The zero-order valence-corrected chi connectivity index (χ0v) is 44.8. The fourth-order valence-corrected chi connectivity index (χ4v) is 7.49. The van der Waals surface area contributed by atoms with Crippen LogP contribution >= 0.6 is 0 Å². The number of ether oxygens (including phenoxy) is 3. The van der Waals surface area contributed by atoms with Crippen molar-refractivity contribution in [1.29, 1.82) is 0 Å². The first-order valence-electron chi connectivity index (χ1n) is 28.4. The fraction of sp³-hybridized carbons (Fsp3) is 0.667. The van der Waals surface area contributed by atoms with E-state index in [1.807, 2.05) is 6.08 Å². The zero-order valence-electron chi connectivity index (χ0n) is 44.8. The average Bonchev–Trinajstić information content (AvgIpc) is 3.35. The van der Waals surface area contributed by atoms with E-state index in [0.717, 1.165) is 103 Å². The van der Waals surface area contributed by atoms with Gasteiger partial charge in [0, 0.05) is 19.3 Å². The lowest BCUT2D eigenvalue weighted by molar-refractivity contribution is -0.166. The van der Waals surface area contributed by atoms with Crippen LogP contribution in [0.2, 0.25) is 0 Å². The molecule has 0 fully saturated rings. The first kappa shape index (κ1) is 65.1. The van der Waals surface area contributed by atoms with Gasteiger partial charge in [-0.25, -0.2) is 0 Å². The summed E-state index contributed by atoms with van der Waals surface area (Å²) >= 11 is 0. The molecule has 0 aromatic heterocycles. The van der Waals surface area contributed by atoms with Crippen LogP contribution in [0.15, 0.2) is 109 Å². The van der Waals surface area contributed by atoms with Gasteiger partial charge in [-0.15, -0.1) is 0 Å². The van der Waals surface area contributed by atoms with Gasteiger partial charge < -0.3 is 14.2 Å². The van der Waals surface area contributed by atoms with Crippen molar-refractivity contribution in [3.63, 3.8) is 0 Å². The number of rotatable bonds is 50. The Balaban J connectivity index is 4.53. The average molecular weight is 958 g/mol. The van der Waals surface area contributed by atoms with Crippen molar-refractivity contribution in [2.24, 2.45) is 0 Å². The van der Waals surface area contributed by atoms with Gasteiger partial charge in [0.15, 0.2) is 6.10 Å². The maximum atomic E-state index is 12.9. The number of allylic oxidation sites excluding steroid dienone is 18. The van der Waals surface area contributed by atoms with Crippen LogP contribution in [-0.4, -0.2) is 37.2 Å². The van der Waals surface area contributed by atoms with Crippen LogP contribution in [0.25, 0.3) is 0 Å². The largest absolute Gasteiger partial charge is 0.462 e. The third-order valence-electron chi connectivity index (χ3n) is 11.7. The van der Waals surface area contributed by atoms with E-state index in [4.69, 9.17) is 14.2 Å². The van der Waals surface area contributed by atoms with Crippen LogP contribution in [0, 0.1) is 0 Å². The summed E-state index contributed by atoms with van der Waals surface area (Å²) in [6.45, 7) is 6.42. The summed E-state index contributed by atoms with van der Waals surface area (Å²) in [7, 11) is 0. The predicted octanol–water partition coefficient (Wildman–Crippen LogP) is 19.1. The van der Waals surface area contributed by atoms with Gasteiger partial charge in [-0.1, -0.05) is 226 Å². The van der Waals surface area contributed by atoms with Crippen molar-refractivity contribution in [1.82, 2.24) is 0 Å². The van der Waals surface area contributed by atoms with Gasteiger partial charge in [0.2, 0.25) is 0 Å². The molecule has 0 aliphatic carbocycles. The number of carbonyl (C=O) groups is 3. The Bertz CT molecular complexity index is 1420. The number of carbonyl (C=O) groups excluding carboxylic acids is 3. The number of hydrogen-bond acceptors (Lipinski definition) is 6. The Morgan fingerprint density at radius 3 is 1.01 bits per heavy atom. The molecule has 6 heteroatoms. The van der Waals surface area contributed by atoms with Crippen LogP contribution in [0.5, 0.6) is 0 Å². The molecule has 0 spiro atoms. The van der Waals surface area contributed by atoms with E-state index in [1.165, 1.54) is 103 Å². The highest BCUT2D eigenvalue weighted by Crippen LogP contribution is 2.14. The van der Waals surface area contributed by atoms with E-state index in [9.17, 15) is 14.4 Å². The first-order chi connectivity index (χ1) is 34.0. The Labute approximate surface area is 425 Å². The monoisotopic (exact) mass is 957 g/mol. The summed E-state index contributed by atoms with van der Waals surface area (Å²) in [5, 5.41) is 0. The third kappa shape index (κ3) is 54.9. The van der Waals surface area contributed by atoms with Gasteiger partial charge in [0.05, 0.1) is 0 Å². The first-order valence-corrected chi connectivity index (χ1v) is 28.4. The van der Waals surface area contributed by atoms with Gasteiger partial charge in [0.1, 0.15) is 13.2 Å². The molecular weight excluding hydrogens is 853 g/mol. The molecular formula is C63H104O6. The Morgan fingerprint density at radius 2 is 0.594 bits per heavy atom. The van der Waals surface area contributed by atoms with Crippen molar-refractivity contribution < 1.29 is 28.6 Å². The second-order valence-corrected chi connectivity index (χ2v) is 18.5. The highest BCUT2D eigenvalue weighted by Gasteiger charge is 2.19. The van der Waals surface area contributed by atoms with Gasteiger partial charge in [-0.2, -0.15) is 0 Å². The van der Waals surface area contributed by atoms with Crippen LogP contribution in [0.4, 0.5) is 0 Å². The molecule has 0 saturated carbocycles. The molecule has 69 heavy (non-hydrogen) atoms. The van der Waals surface area contributed by atoms with Gasteiger partial charge in [-0.3, -0.25) is 14.4 Å². The molecule has 392 valence electrons. The molecule has 0 rings (SSSR count). The number of unbranched alkanes of at least 4 members (excludes halogenated alkanes) is 21. The van der Waals surface area contributed by atoms with E-state index >= 15 is 0 Å². The standard InChI is InChI=1S/C63H104O6/c1-4-7-10-13-16-19-22-25-28-30-31-33-35-38-41-44-47-50-53-56-62(65)68-59-60(58-67-61(64)55-52-49-46-43-40-37-34-27-24-21-18-15-12-9-6-3)69-63(66)57-54-51-48-45-42-39-36-32-29-26-23-20-17-14-11-8-5-2/h7,10,16,18-19,21,25-29,31,33-34,38,41,47,50,60H,4-6,8-9,11-15,17,20,22-24,30,32,35-37,39-40,42-46,48-49,51-59H2,1-3H3/b10-7-,19-16-,21-18-,28-25-,29-26-,33-31-,34-27-,41-38-,50-47-/t60-/m1/s1. The summed E-state index contributed by atoms with van der Waals surface area (Å²) in [5.74, 6) is -1.02. The highest BCUT2D eigenvalue weighted by atomic mass is 16.6.